The fraction of sp³-hybridized carbons (Fsp3) is 0.161. The highest BCUT2D eigenvalue weighted by molar-refractivity contribution is 5.96. The lowest BCUT2D eigenvalue weighted by Gasteiger charge is -2.05. The molecule has 6 nitrogen and oxygen atoms in total. The van der Waals surface area contributed by atoms with Crippen LogP contribution < -0.4 is 4.74 Å². The van der Waals surface area contributed by atoms with Crippen LogP contribution in [0.2, 0.25) is 0 Å². The van der Waals surface area contributed by atoms with Gasteiger partial charge in [-0.05, 0) is 52.9 Å². The Morgan fingerprint density at radius 3 is 2.30 bits per heavy atom. The zero-order valence-electron chi connectivity index (χ0n) is 20.4. The van der Waals surface area contributed by atoms with Gasteiger partial charge in [0.25, 0.3) is 0 Å². The van der Waals surface area contributed by atoms with Crippen LogP contribution in [0.3, 0.4) is 0 Å². The molecule has 0 aliphatic carbocycles. The van der Waals surface area contributed by atoms with E-state index in [1.165, 1.54) is 0 Å². The van der Waals surface area contributed by atoms with Gasteiger partial charge in [-0.1, -0.05) is 72.8 Å². The average molecular weight is 496 g/mol. The molecule has 188 valence electrons. The number of nitrogens with zero attached hydrogens (tertiary/aromatic N) is 1. The number of benzene rings is 3. The maximum atomic E-state index is 11.5. The third-order valence-electron chi connectivity index (χ3n) is 5.94. The fourth-order valence-corrected chi connectivity index (χ4v) is 4.24. The molecule has 37 heavy (non-hydrogen) atoms. The first-order chi connectivity index (χ1) is 18.0. The molecule has 6 heteroatoms. The number of carboxylic acids is 2. The van der Waals surface area contributed by atoms with Crippen molar-refractivity contribution in [1.82, 2.24) is 4.57 Å². The molecule has 0 saturated heterocycles. The van der Waals surface area contributed by atoms with E-state index in [4.69, 9.17) is 9.84 Å². The van der Waals surface area contributed by atoms with Gasteiger partial charge in [-0.2, -0.15) is 0 Å². The first-order valence-corrected chi connectivity index (χ1v) is 12.2. The van der Waals surface area contributed by atoms with Crippen molar-refractivity contribution in [2.24, 2.45) is 0 Å². The Labute approximate surface area is 215 Å². The minimum atomic E-state index is -0.905. The van der Waals surface area contributed by atoms with E-state index in [9.17, 15) is 14.7 Å². The molecule has 1 aromatic heterocycles. The summed E-state index contributed by atoms with van der Waals surface area (Å²) in [5.74, 6) is -0.970. The van der Waals surface area contributed by atoms with Crippen molar-refractivity contribution >= 4 is 41.1 Å². The maximum Gasteiger partial charge on any atom is 0.307 e. The van der Waals surface area contributed by atoms with Gasteiger partial charge >= 0.3 is 11.9 Å². The number of ether oxygens (including phenoxy) is 1. The molecule has 4 rings (SSSR count). The molecule has 4 aromatic rings. The number of fused-ring (bicyclic) bond motifs is 1. The third kappa shape index (κ3) is 7.21. The van der Waals surface area contributed by atoms with E-state index >= 15 is 0 Å². The van der Waals surface area contributed by atoms with E-state index < -0.39 is 11.9 Å². The summed E-state index contributed by atoms with van der Waals surface area (Å²) in [4.78, 5) is 22.4. The number of aryl methyl sites for hydroxylation is 1. The van der Waals surface area contributed by atoms with Crippen molar-refractivity contribution in [3.8, 4) is 5.75 Å². The molecule has 3 aromatic carbocycles. The molecule has 0 bridgehead atoms. The monoisotopic (exact) mass is 495 g/mol. The summed E-state index contributed by atoms with van der Waals surface area (Å²) < 4.78 is 7.75. The Hall–Kier alpha value is -4.58. The van der Waals surface area contributed by atoms with Gasteiger partial charge in [0, 0.05) is 30.1 Å². The highest BCUT2D eigenvalue weighted by atomic mass is 16.5. The molecule has 2 N–H and O–H groups in total. The lowest BCUT2D eigenvalue weighted by molar-refractivity contribution is -0.137. The maximum absolute atomic E-state index is 11.5. The van der Waals surface area contributed by atoms with Gasteiger partial charge in [0.2, 0.25) is 0 Å². The van der Waals surface area contributed by atoms with Crippen LogP contribution in [0.1, 0.15) is 35.1 Å². The van der Waals surface area contributed by atoms with Crippen LogP contribution in [0.25, 0.3) is 29.1 Å². The zero-order valence-corrected chi connectivity index (χ0v) is 20.4. The summed E-state index contributed by atoms with van der Waals surface area (Å²) in [6, 6.07) is 23.7. The quantitative estimate of drug-likeness (QED) is 0.222. The molecular formula is C31H29NO5. The minimum Gasteiger partial charge on any atom is -0.490 e. The molecule has 0 aliphatic heterocycles. The van der Waals surface area contributed by atoms with Crippen molar-refractivity contribution in [1.29, 1.82) is 0 Å². The summed E-state index contributed by atoms with van der Waals surface area (Å²) in [7, 11) is 0. The fourth-order valence-electron chi connectivity index (χ4n) is 4.24. The minimum absolute atomic E-state index is 0.0660. The van der Waals surface area contributed by atoms with Gasteiger partial charge < -0.3 is 19.5 Å². The van der Waals surface area contributed by atoms with Crippen LogP contribution in [0, 0.1) is 0 Å². The van der Waals surface area contributed by atoms with E-state index in [1.54, 1.807) is 0 Å². The normalized spacial score (nSPS) is 11.5. The van der Waals surface area contributed by atoms with E-state index in [0.717, 1.165) is 33.3 Å². The van der Waals surface area contributed by atoms with Gasteiger partial charge in [-0.3, -0.25) is 9.59 Å². The van der Waals surface area contributed by atoms with E-state index in [2.05, 4.69) is 0 Å². The molecule has 0 fully saturated rings. The topological polar surface area (TPSA) is 88.8 Å². The molecule has 0 radical (unpaired) electrons. The van der Waals surface area contributed by atoms with Gasteiger partial charge in [-0.15, -0.1) is 0 Å². The first-order valence-electron chi connectivity index (χ1n) is 12.2. The van der Waals surface area contributed by atoms with Gasteiger partial charge in [0.1, 0.15) is 12.4 Å². The summed E-state index contributed by atoms with van der Waals surface area (Å²) >= 11 is 0. The highest BCUT2D eigenvalue weighted by Crippen LogP contribution is 2.28. The summed E-state index contributed by atoms with van der Waals surface area (Å²) in [5, 5.41) is 19.3. The summed E-state index contributed by atoms with van der Waals surface area (Å²) in [6.45, 7) is 0.986. The second-order valence-electron chi connectivity index (χ2n) is 8.68. The molecule has 0 aliphatic rings. The van der Waals surface area contributed by atoms with Crippen molar-refractivity contribution in [3.63, 3.8) is 0 Å². The molecule has 1 heterocycles. The Balaban J connectivity index is 1.47. The van der Waals surface area contributed by atoms with E-state index in [1.807, 2.05) is 108 Å². The van der Waals surface area contributed by atoms with Crippen molar-refractivity contribution in [3.05, 3.63) is 107 Å². The predicted octanol–water partition coefficient (Wildman–Crippen LogP) is 6.40. The number of carboxylic acid groups (broad SMARTS) is 2. The van der Waals surface area contributed by atoms with Crippen LogP contribution in [0.15, 0.2) is 85.1 Å². The van der Waals surface area contributed by atoms with Gasteiger partial charge in [0.15, 0.2) is 0 Å². The van der Waals surface area contributed by atoms with Gasteiger partial charge in [-0.25, -0.2) is 0 Å². The van der Waals surface area contributed by atoms with E-state index in [-0.39, 0.29) is 12.8 Å². The molecule has 0 saturated carbocycles. The number of aromatic nitrogens is 1. The number of hydrogen-bond donors (Lipinski definition) is 2. The lowest BCUT2D eigenvalue weighted by Crippen LogP contribution is -2.01. The van der Waals surface area contributed by atoms with Crippen LogP contribution in [-0.4, -0.2) is 33.3 Å². The Morgan fingerprint density at radius 1 is 0.811 bits per heavy atom. The molecule has 0 atom stereocenters. The Kier molecular flexibility index (Phi) is 8.55. The number of aliphatic carboxylic acids is 2. The Bertz CT molecular complexity index is 1420. The lowest BCUT2D eigenvalue weighted by atomic mass is 10.0. The number of rotatable bonds is 12. The van der Waals surface area contributed by atoms with Crippen molar-refractivity contribution in [2.45, 2.75) is 25.8 Å². The van der Waals surface area contributed by atoms with Crippen molar-refractivity contribution in [2.75, 3.05) is 6.61 Å². The van der Waals surface area contributed by atoms with Crippen LogP contribution in [-0.2, 0) is 22.6 Å². The van der Waals surface area contributed by atoms with Crippen molar-refractivity contribution < 1.29 is 24.5 Å². The van der Waals surface area contributed by atoms with Crippen LogP contribution in [0.4, 0.5) is 0 Å². The number of hydrogen-bond acceptors (Lipinski definition) is 3. The molecule has 0 amide bonds. The second kappa shape index (κ2) is 12.4. The SMILES string of the molecule is O=C(O)CCCn1cc(CC(=O)O)c2c(/C=C/c3ccc(OC/C=C/c4ccccc4)cc3)cccc21. The molecular weight excluding hydrogens is 466 g/mol. The smallest absolute Gasteiger partial charge is 0.307 e. The summed E-state index contributed by atoms with van der Waals surface area (Å²) in [6.07, 6.45) is 10.2. The van der Waals surface area contributed by atoms with E-state index in [0.29, 0.717) is 25.1 Å². The van der Waals surface area contributed by atoms with Crippen LogP contribution in [0.5, 0.6) is 5.75 Å². The molecule has 0 spiro atoms. The average Bonchev–Trinajstić information content (AvgIpc) is 3.23. The summed E-state index contributed by atoms with van der Waals surface area (Å²) in [5.41, 5.74) is 4.65. The first kappa shape index (κ1) is 25.5. The zero-order chi connectivity index (χ0) is 26.0. The molecule has 0 unspecified atom stereocenters. The Morgan fingerprint density at radius 2 is 1.57 bits per heavy atom. The highest BCUT2D eigenvalue weighted by Gasteiger charge is 2.14. The standard InChI is InChI=1S/C31H29NO5/c33-29(34)12-5-19-32-22-26(21-30(35)36)31-25(10-4-11-28(31)32)16-13-24-14-17-27(18-15-24)37-20-6-9-23-7-2-1-3-8-23/h1-4,6-11,13-18,22H,5,12,19-21H2,(H,33,34)(H,35,36)/b9-6+,16-13+. The largest absolute Gasteiger partial charge is 0.490 e. The number of carbonyl (C=O) groups is 2. The van der Waals surface area contributed by atoms with Crippen LogP contribution >= 0.6 is 0 Å². The second-order valence-corrected chi connectivity index (χ2v) is 8.68. The van der Waals surface area contributed by atoms with Gasteiger partial charge in [0.05, 0.1) is 6.42 Å². The third-order valence-corrected chi connectivity index (χ3v) is 5.94. The predicted molar refractivity (Wildman–Crippen MR) is 146 cm³/mol.